The van der Waals surface area contributed by atoms with Crippen LogP contribution in [0.1, 0.15) is 30.0 Å². The normalized spacial score (nSPS) is 10.7. The van der Waals surface area contributed by atoms with Gasteiger partial charge >= 0.3 is 0 Å². The number of nitrogens with zero attached hydrogens (tertiary/aromatic N) is 3. The van der Waals surface area contributed by atoms with Crippen LogP contribution < -0.4 is 10.6 Å². The summed E-state index contributed by atoms with van der Waals surface area (Å²) in [6, 6.07) is 1.76. The fourth-order valence-corrected chi connectivity index (χ4v) is 2.50. The molecule has 0 unspecified atom stereocenters. The second-order valence-corrected chi connectivity index (χ2v) is 6.21. The number of rotatable bonds is 6. The summed E-state index contributed by atoms with van der Waals surface area (Å²) in [5, 5.41) is 11.8. The molecule has 22 heavy (non-hydrogen) atoms. The Labute approximate surface area is 132 Å². The number of aromatic nitrogens is 3. The summed E-state index contributed by atoms with van der Waals surface area (Å²) in [7, 11) is 1.72. The van der Waals surface area contributed by atoms with Crippen LogP contribution in [-0.2, 0) is 18.3 Å². The zero-order chi connectivity index (χ0) is 16.1. The minimum Gasteiger partial charge on any atom is -0.342 e. The third-order valence-corrected chi connectivity index (χ3v) is 3.56. The van der Waals surface area contributed by atoms with E-state index in [0.29, 0.717) is 16.7 Å². The van der Waals surface area contributed by atoms with Crippen molar-refractivity contribution >= 4 is 28.3 Å². The molecule has 0 radical (unpaired) electrons. The van der Waals surface area contributed by atoms with E-state index in [2.05, 4.69) is 34.6 Å². The summed E-state index contributed by atoms with van der Waals surface area (Å²) >= 11 is 1.32. The van der Waals surface area contributed by atoms with E-state index in [4.69, 9.17) is 0 Å². The van der Waals surface area contributed by atoms with Crippen molar-refractivity contribution in [2.45, 2.75) is 20.3 Å². The molecule has 8 heteroatoms. The van der Waals surface area contributed by atoms with E-state index >= 15 is 0 Å². The van der Waals surface area contributed by atoms with Crippen LogP contribution in [0.15, 0.2) is 17.6 Å². The first-order valence-corrected chi connectivity index (χ1v) is 7.84. The van der Waals surface area contributed by atoms with Crippen LogP contribution in [0.25, 0.3) is 0 Å². The molecule has 0 bridgehead atoms. The number of thiazole rings is 1. The summed E-state index contributed by atoms with van der Waals surface area (Å²) in [5.41, 5.74) is 1.31. The van der Waals surface area contributed by atoms with Crippen molar-refractivity contribution in [2.75, 3.05) is 11.9 Å². The van der Waals surface area contributed by atoms with Gasteiger partial charge in [0.2, 0.25) is 5.91 Å². The highest BCUT2D eigenvalue weighted by Gasteiger charge is 2.15. The van der Waals surface area contributed by atoms with Gasteiger partial charge in [0.15, 0.2) is 5.13 Å². The van der Waals surface area contributed by atoms with E-state index in [-0.39, 0.29) is 18.4 Å². The molecule has 2 heterocycles. The zero-order valence-corrected chi connectivity index (χ0v) is 13.6. The monoisotopic (exact) mass is 321 g/mol. The highest BCUT2D eigenvalue weighted by atomic mass is 32.1. The second kappa shape index (κ2) is 7.17. The first-order chi connectivity index (χ1) is 10.5. The lowest BCUT2D eigenvalue weighted by Crippen LogP contribution is -2.33. The van der Waals surface area contributed by atoms with E-state index in [1.165, 1.54) is 16.0 Å². The molecule has 0 atom stereocenters. The molecule has 0 aliphatic heterocycles. The lowest BCUT2D eigenvalue weighted by Gasteiger charge is -2.04. The van der Waals surface area contributed by atoms with Gasteiger partial charge in [0.05, 0.1) is 12.2 Å². The van der Waals surface area contributed by atoms with Crippen LogP contribution in [0.2, 0.25) is 0 Å². The van der Waals surface area contributed by atoms with E-state index in [1.807, 2.05) is 0 Å². The standard InChI is InChI=1S/C14H19N5O2S/c1-9(2)6-10-7-11(19(3)18-10)13(21)16-8-12(20)17-14-15-4-5-22-14/h4-5,7,9H,6,8H2,1-3H3,(H,16,21)(H,15,17,20). The Balaban J connectivity index is 1.89. The largest absolute Gasteiger partial charge is 0.342 e. The zero-order valence-electron chi connectivity index (χ0n) is 12.8. The van der Waals surface area contributed by atoms with Crippen molar-refractivity contribution in [3.63, 3.8) is 0 Å². The maximum Gasteiger partial charge on any atom is 0.269 e. The summed E-state index contributed by atoms with van der Waals surface area (Å²) in [5.74, 6) is -0.165. The minimum absolute atomic E-state index is 0.108. The molecule has 2 rings (SSSR count). The van der Waals surface area contributed by atoms with Crippen molar-refractivity contribution < 1.29 is 9.59 Å². The number of nitrogens with one attached hydrogen (secondary N) is 2. The maximum atomic E-state index is 12.1. The van der Waals surface area contributed by atoms with Gasteiger partial charge in [0.25, 0.3) is 5.91 Å². The van der Waals surface area contributed by atoms with Gasteiger partial charge in [-0.2, -0.15) is 5.10 Å². The predicted molar refractivity (Wildman–Crippen MR) is 84.8 cm³/mol. The molecule has 7 nitrogen and oxygen atoms in total. The molecule has 0 aliphatic carbocycles. The van der Waals surface area contributed by atoms with E-state index in [0.717, 1.165) is 12.1 Å². The highest BCUT2D eigenvalue weighted by molar-refractivity contribution is 7.13. The van der Waals surface area contributed by atoms with Crippen LogP contribution in [0.4, 0.5) is 5.13 Å². The van der Waals surface area contributed by atoms with Crippen molar-refractivity contribution in [3.8, 4) is 0 Å². The predicted octanol–water partition coefficient (Wildman–Crippen LogP) is 1.44. The first-order valence-electron chi connectivity index (χ1n) is 6.96. The first kappa shape index (κ1) is 16.2. The Morgan fingerprint density at radius 1 is 1.41 bits per heavy atom. The molecule has 118 valence electrons. The molecule has 0 spiro atoms. The van der Waals surface area contributed by atoms with Crippen LogP contribution in [0.3, 0.4) is 0 Å². The lowest BCUT2D eigenvalue weighted by atomic mass is 10.1. The van der Waals surface area contributed by atoms with Gasteiger partial charge in [0.1, 0.15) is 5.69 Å². The second-order valence-electron chi connectivity index (χ2n) is 5.31. The van der Waals surface area contributed by atoms with Crippen LogP contribution in [0, 0.1) is 5.92 Å². The number of anilines is 1. The average molecular weight is 321 g/mol. The Bertz CT molecular complexity index is 648. The number of hydrogen-bond acceptors (Lipinski definition) is 5. The van der Waals surface area contributed by atoms with Gasteiger partial charge in [-0.3, -0.25) is 14.3 Å². The molecule has 2 aromatic heterocycles. The summed E-state index contributed by atoms with van der Waals surface area (Å²) < 4.78 is 1.53. The average Bonchev–Trinajstić information content (AvgIpc) is 3.05. The van der Waals surface area contributed by atoms with Gasteiger partial charge in [-0.1, -0.05) is 13.8 Å². The van der Waals surface area contributed by atoms with Gasteiger partial charge in [-0.15, -0.1) is 11.3 Å². The molecule has 2 aromatic rings. The quantitative estimate of drug-likeness (QED) is 0.842. The molecule has 0 fully saturated rings. The van der Waals surface area contributed by atoms with Gasteiger partial charge < -0.3 is 10.6 Å². The van der Waals surface area contributed by atoms with Crippen molar-refractivity contribution in [3.05, 3.63) is 29.0 Å². The number of aryl methyl sites for hydroxylation is 1. The van der Waals surface area contributed by atoms with Crippen LogP contribution in [-0.4, -0.2) is 33.1 Å². The van der Waals surface area contributed by atoms with Crippen molar-refractivity contribution in [2.24, 2.45) is 13.0 Å². The smallest absolute Gasteiger partial charge is 0.269 e. The summed E-state index contributed by atoms with van der Waals surface area (Å²) in [6.45, 7) is 4.08. The third-order valence-electron chi connectivity index (χ3n) is 2.87. The maximum absolute atomic E-state index is 12.1. The summed E-state index contributed by atoms with van der Waals surface area (Å²) in [4.78, 5) is 27.8. The topological polar surface area (TPSA) is 88.9 Å². The van der Waals surface area contributed by atoms with Crippen molar-refractivity contribution in [1.29, 1.82) is 0 Å². The number of hydrogen-bond donors (Lipinski definition) is 2. The lowest BCUT2D eigenvalue weighted by molar-refractivity contribution is -0.115. The van der Waals surface area contributed by atoms with Gasteiger partial charge in [-0.05, 0) is 18.4 Å². The van der Waals surface area contributed by atoms with Crippen LogP contribution >= 0.6 is 11.3 Å². The van der Waals surface area contributed by atoms with Gasteiger partial charge in [-0.25, -0.2) is 4.98 Å². The fraction of sp³-hybridized carbons (Fsp3) is 0.429. The van der Waals surface area contributed by atoms with E-state index in [1.54, 1.807) is 24.7 Å². The van der Waals surface area contributed by atoms with Crippen LogP contribution in [0.5, 0.6) is 0 Å². The fourth-order valence-electron chi connectivity index (χ4n) is 1.96. The Kier molecular flexibility index (Phi) is 5.26. The third kappa shape index (κ3) is 4.39. The SMILES string of the molecule is CC(C)Cc1cc(C(=O)NCC(=O)Nc2nccs2)n(C)n1. The molecular weight excluding hydrogens is 302 g/mol. The molecule has 0 saturated heterocycles. The molecule has 0 aromatic carbocycles. The Morgan fingerprint density at radius 2 is 2.18 bits per heavy atom. The minimum atomic E-state index is -0.320. The molecule has 0 aliphatic rings. The number of carbonyl (C=O) groups is 2. The number of amides is 2. The van der Waals surface area contributed by atoms with E-state index < -0.39 is 0 Å². The highest BCUT2D eigenvalue weighted by Crippen LogP contribution is 2.10. The molecule has 0 saturated carbocycles. The van der Waals surface area contributed by atoms with Crippen molar-refractivity contribution in [1.82, 2.24) is 20.1 Å². The van der Waals surface area contributed by atoms with Gasteiger partial charge in [0, 0.05) is 18.6 Å². The Hall–Kier alpha value is -2.22. The number of carbonyl (C=O) groups excluding carboxylic acids is 2. The van der Waals surface area contributed by atoms with E-state index in [9.17, 15) is 9.59 Å². The molecular formula is C14H19N5O2S. The molecule has 2 amide bonds. The summed E-state index contributed by atoms with van der Waals surface area (Å²) in [6.07, 6.45) is 2.41. The molecule has 2 N–H and O–H groups in total. The Morgan fingerprint density at radius 3 is 2.82 bits per heavy atom.